The lowest BCUT2D eigenvalue weighted by atomic mass is 9.94. The van der Waals surface area contributed by atoms with E-state index in [0.717, 1.165) is 5.75 Å². The quantitative estimate of drug-likeness (QED) is 0.843. The maximum absolute atomic E-state index is 12.4. The van der Waals surface area contributed by atoms with Crippen LogP contribution in [-0.2, 0) is 9.59 Å². The molecule has 0 radical (unpaired) electrons. The Morgan fingerprint density at radius 3 is 2.65 bits per heavy atom. The summed E-state index contributed by atoms with van der Waals surface area (Å²) in [5.74, 6) is 0.745. The zero-order chi connectivity index (χ0) is 14.6. The van der Waals surface area contributed by atoms with Gasteiger partial charge in [-0.15, -0.1) is 11.8 Å². The lowest BCUT2D eigenvalue weighted by molar-refractivity contribution is -0.149. The van der Waals surface area contributed by atoms with Crippen LogP contribution in [0.2, 0.25) is 0 Å². The first-order chi connectivity index (χ1) is 9.55. The van der Waals surface area contributed by atoms with Crippen LogP contribution in [0.4, 0.5) is 0 Å². The minimum absolute atomic E-state index is 0.0215. The molecule has 1 atom stereocenters. The molecule has 1 aliphatic rings. The molecule has 108 valence electrons. The van der Waals surface area contributed by atoms with Gasteiger partial charge in [-0.25, -0.2) is 0 Å². The van der Waals surface area contributed by atoms with Crippen LogP contribution >= 0.6 is 11.8 Å². The third kappa shape index (κ3) is 3.33. The predicted octanol–water partition coefficient (Wildman–Crippen LogP) is 1.91. The van der Waals surface area contributed by atoms with Crippen molar-refractivity contribution in [2.24, 2.45) is 0 Å². The first kappa shape index (κ1) is 14.9. The van der Waals surface area contributed by atoms with Crippen molar-refractivity contribution >= 4 is 23.6 Å². The van der Waals surface area contributed by atoms with Crippen molar-refractivity contribution in [3.05, 3.63) is 30.3 Å². The summed E-state index contributed by atoms with van der Waals surface area (Å²) in [6.07, 6.45) is 0.611. The maximum Gasteiger partial charge on any atom is 0.248 e. The number of benzene rings is 1. The molecule has 2 rings (SSSR count). The summed E-state index contributed by atoms with van der Waals surface area (Å²) in [6, 6.07) is 10.1. The Hall–Kier alpha value is -1.49. The molecule has 1 heterocycles. The first-order valence-electron chi connectivity index (χ1n) is 6.83. The van der Waals surface area contributed by atoms with Gasteiger partial charge >= 0.3 is 0 Å². The normalized spacial score (nSPS) is 22.8. The Labute approximate surface area is 123 Å². The van der Waals surface area contributed by atoms with Crippen LogP contribution in [0.5, 0.6) is 0 Å². The van der Waals surface area contributed by atoms with Gasteiger partial charge in [-0.3, -0.25) is 9.59 Å². The minimum Gasteiger partial charge on any atom is -0.340 e. The van der Waals surface area contributed by atoms with Gasteiger partial charge < -0.3 is 10.2 Å². The van der Waals surface area contributed by atoms with Gasteiger partial charge in [-0.05, 0) is 25.5 Å². The Kier molecular flexibility index (Phi) is 4.70. The molecule has 1 unspecified atom stereocenters. The number of carbonyl (C=O) groups excluding carboxylic acids is 2. The second-order valence-electron chi connectivity index (χ2n) is 5.12. The van der Waals surface area contributed by atoms with E-state index in [1.807, 2.05) is 37.3 Å². The molecule has 4 nitrogen and oxygen atoms in total. The summed E-state index contributed by atoms with van der Waals surface area (Å²) in [7, 11) is 0. The molecule has 1 fully saturated rings. The van der Waals surface area contributed by atoms with E-state index in [2.05, 4.69) is 5.32 Å². The van der Waals surface area contributed by atoms with E-state index in [4.69, 9.17) is 0 Å². The third-order valence-corrected chi connectivity index (χ3v) is 4.58. The second kappa shape index (κ2) is 6.31. The average Bonchev–Trinajstić information content (AvgIpc) is 2.45. The van der Waals surface area contributed by atoms with Crippen molar-refractivity contribution in [3.8, 4) is 0 Å². The van der Waals surface area contributed by atoms with E-state index >= 15 is 0 Å². The number of rotatable bonds is 5. The molecule has 1 saturated heterocycles. The molecular weight excluding hydrogens is 272 g/mol. The highest BCUT2D eigenvalue weighted by atomic mass is 32.2. The summed E-state index contributed by atoms with van der Waals surface area (Å²) in [4.78, 5) is 26.9. The number of amides is 2. The van der Waals surface area contributed by atoms with E-state index < -0.39 is 5.54 Å². The van der Waals surface area contributed by atoms with Crippen molar-refractivity contribution in [1.82, 2.24) is 10.2 Å². The molecule has 1 aromatic carbocycles. The lowest BCUT2D eigenvalue weighted by Gasteiger charge is -2.39. The fraction of sp³-hybridized carbons (Fsp3) is 0.467. The minimum atomic E-state index is -0.743. The van der Waals surface area contributed by atoms with Crippen molar-refractivity contribution < 1.29 is 9.59 Å². The van der Waals surface area contributed by atoms with E-state index in [9.17, 15) is 9.59 Å². The average molecular weight is 292 g/mol. The van der Waals surface area contributed by atoms with E-state index in [0.29, 0.717) is 13.0 Å². The van der Waals surface area contributed by atoms with Gasteiger partial charge in [0, 0.05) is 17.2 Å². The number of nitrogens with zero attached hydrogens (tertiary/aromatic N) is 1. The standard InChI is InChI=1S/C15H20N2O2S/c1-3-15(2)14(19)17(11-13(18)16-15)9-10-20-12-7-5-4-6-8-12/h4-8H,3,9-11H2,1-2H3,(H,16,18). The van der Waals surface area contributed by atoms with Crippen molar-refractivity contribution in [2.75, 3.05) is 18.8 Å². The van der Waals surface area contributed by atoms with Crippen LogP contribution in [0.15, 0.2) is 35.2 Å². The molecule has 20 heavy (non-hydrogen) atoms. The fourth-order valence-electron chi connectivity index (χ4n) is 2.21. The molecule has 1 aliphatic heterocycles. The Morgan fingerprint density at radius 2 is 2.00 bits per heavy atom. The summed E-state index contributed by atoms with van der Waals surface area (Å²) in [5, 5.41) is 2.79. The van der Waals surface area contributed by atoms with Crippen LogP contribution in [0.3, 0.4) is 0 Å². The number of hydrogen-bond donors (Lipinski definition) is 1. The molecule has 0 saturated carbocycles. The van der Waals surface area contributed by atoms with Crippen LogP contribution in [0.25, 0.3) is 0 Å². The Bertz CT molecular complexity index is 492. The number of piperazine rings is 1. The molecule has 0 spiro atoms. The number of hydrogen-bond acceptors (Lipinski definition) is 3. The van der Waals surface area contributed by atoms with Crippen molar-refractivity contribution in [1.29, 1.82) is 0 Å². The van der Waals surface area contributed by atoms with E-state index in [-0.39, 0.29) is 18.4 Å². The number of carbonyl (C=O) groups is 2. The van der Waals surface area contributed by atoms with Crippen LogP contribution in [-0.4, -0.2) is 41.1 Å². The topological polar surface area (TPSA) is 49.4 Å². The van der Waals surface area contributed by atoms with Gasteiger partial charge in [0.05, 0.1) is 6.54 Å². The summed E-state index contributed by atoms with van der Waals surface area (Å²) < 4.78 is 0. The van der Waals surface area contributed by atoms with E-state index in [1.54, 1.807) is 23.6 Å². The highest BCUT2D eigenvalue weighted by Crippen LogP contribution is 2.20. The maximum atomic E-state index is 12.4. The van der Waals surface area contributed by atoms with Crippen LogP contribution < -0.4 is 5.32 Å². The second-order valence-corrected chi connectivity index (χ2v) is 6.29. The SMILES string of the molecule is CCC1(C)NC(=O)CN(CCSc2ccccc2)C1=O. The summed E-state index contributed by atoms with van der Waals surface area (Å²) >= 11 is 1.70. The zero-order valence-corrected chi connectivity index (χ0v) is 12.7. The molecule has 1 aromatic rings. The smallest absolute Gasteiger partial charge is 0.248 e. The van der Waals surface area contributed by atoms with Gasteiger partial charge in [0.25, 0.3) is 0 Å². The largest absolute Gasteiger partial charge is 0.340 e. The summed E-state index contributed by atoms with van der Waals surface area (Å²) in [6.45, 7) is 4.48. The molecule has 0 bridgehead atoms. The number of thioether (sulfide) groups is 1. The predicted molar refractivity (Wildman–Crippen MR) is 80.6 cm³/mol. The molecule has 0 aromatic heterocycles. The molecule has 1 N–H and O–H groups in total. The van der Waals surface area contributed by atoms with Gasteiger partial charge in [-0.1, -0.05) is 25.1 Å². The third-order valence-electron chi connectivity index (χ3n) is 3.59. The zero-order valence-electron chi connectivity index (χ0n) is 11.9. The van der Waals surface area contributed by atoms with Gasteiger partial charge in [-0.2, -0.15) is 0 Å². The van der Waals surface area contributed by atoms with Crippen molar-refractivity contribution in [2.45, 2.75) is 30.7 Å². The van der Waals surface area contributed by atoms with Gasteiger partial charge in [0.15, 0.2) is 0 Å². The Balaban J connectivity index is 1.91. The fourth-order valence-corrected chi connectivity index (χ4v) is 3.10. The molecule has 5 heteroatoms. The van der Waals surface area contributed by atoms with Gasteiger partial charge in [0.2, 0.25) is 11.8 Å². The van der Waals surface area contributed by atoms with Gasteiger partial charge in [0.1, 0.15) is 5.54 Å². The molecular formula is C15H20N2O2S. The molecule has 2 amide bonds. The summed E-state index contributed by atoms with van der Waals surface area (Å²) in [5.41, 5.74) is -0.743. The number of nitrogens with one attached hydrogen (secondary N) is 1. The van der Waals surface area contributed by atoms with Crippen LogP contribution in [0, 0.1) is 0 Å². The highest BCUT2D eigenvalue weighted by Gasteiger charge is 2.41. The van der Waals surface area contributed by atoms with E-state index in [1.165, 1.54) is 4.90 Å². The monoisotopic (exact) mass is 292 g/mol. The highest BCUT2D eigenvalue weighted by molar-refractivity contribution is 7.99. The van der Waals surface area contributed by atoms with Crippen molar-refractivity contribution in [3.63, 3.8) is 0 Å². The molecule has 0 aliphatic carbocycles. The Morgan fingerprint density at radius 1 is 1.30 bits per heavy atom. The lowest BCUT2D eigenvalue weighted by Crippen LogP contribution is -2.65. The van der Waals surface area contributed by atoms with Crippen LogP contribution in [0.1, 0.15) is 20.3 Å². The first-order valence-corrected chi connectivity index (χ1v) is 7.82.